The lowest BCUT2D eigenvalue weighted by molar-refractivity contribution is 0.0696. The van der Waals surface area contributed by atoms with Gasteiger partial charge >= 0.3 is 5.97 Å². The molecule has 0 aliphatic heterocycles. The van der Waals surface area contributed by atoms with Gasteiger partial charge in [0.05, 0.1) is 28.9 Å². The van der Waals surface area contributed by atoms with Gasteiger partial charge in [-0.3, -0.25) is 0 Å². The molecule has 0 unspecified atom stereocenters. The van der Waals surface area contributed by atoms with Crippen LogP contribution in [0.5, 0.6) is 0 Å². The molecule has 6 heteroatoms. The van der Waals surface area contributed by atoms with Crippen LogP contribution >= 0.6 is 0 Å². The van der Waals surface area contributed by atoms with Gasteiger partial charge in [-0.2, -0.15) is 0 Å². The molecular formula is C12H16O5S. The van der Waals surface area contributed by atoms with Gasteiger partial charge in [0.25, 0.3) is 0 Å². The number of carbonyl (C=O) groups is 1. The summed E-state index contributed by atoms with van der Waals surface area (Å²) < 4.78 is 29.0. The van der Waals surface area contributed by atoms with Gasteiger partial charge in [-0.05, 0) is 32.0 Å². The van der Waals surface area contributed by atoms with Gasteiger partial charge in [-0.1, -0.05) is 6.07 Å². The van der Waals surface area contributed by atoms with Gasteiger partial charge < -0.3 is 9.84 Å². The van der Waals surface area contributed by atoms with Crippen molar-refractivity contribution in [2.75, 3.05) is 12.4 Å². The van der Waals surface area contributed by atoms with Crippen LogP contribution in [0.1, 0.15) is 24.2 Å². The number of hydrogen-bond acceptors (Lipinski definition) is 4. The standard InChI is InChI=1S/C12H16O5S/c1-9(2)17-6-7-18(15,16)11-5-3-4-10(8-11)12(13)14/h3-5,8-9H,6-7H2,1-2H3,(H,13,14). The zero-order chi connectivity index (χ0) is 13.8. The predicted molar refractivity (Wildman–Crippen MR) is 66.5 cm³/mol. The minimum atomic E-state index is -3.50. The van der Waals surface area contributed by atoms with Crippen molar-refractivity contribution in [3.05, 3.63) is 29.8 Å². The van der Waals surface area contributed by atoms with E-state index < -0.39 is 15.8 Å². The fraction of sp³-hybridized carbons (Fsp3) is 0.417. The van der Waals surface area contributed by atoms with Gasteiger partial charge in [0, 0.05) is 0 Å². The zero-order valence-corrected chi connectivity index (χ0v) is 11.1. The maximum atomic E-state index is 11.9. The van der Waals surface area contributed by atoms with E-state index in [0.717, 1.165) is 6.07 Å². The maximum Gasteiger partial charge on any atom is 0.335 e. The number of aromatic carboxylic acids is 1. The highest BCUT2D eigenvalue weighted by Gasteiger charge is 2.16. The van der Waals surface area contributed by atoms with Crippen LogP contribution in [0.25, 0.3) is 0 Å². The first-order valence-corrected chi connectivity index (χ1v) is 7.16. The Labute approximate surface area is 106 Å². The Kier molecular flexibility index (Phi) is 4.86. The average Bonchev–Trinajstić information content (AvgIpc) is 2.28. The van der Waals surface area contributed by atoms with Gasteiger partial charge in [0.15, 0.2) is 9.84 Å². The summed E-state index contributed by atoms with van der Waals surface area (Å²) in [7, 11) is -3.50. The summed E-state index contributed by atoms with van der Waals surface area (Å²) in [6.07, 6.45) is -0.0365. The third-order valence-electron chi connectivity index (χ3n) is 2.24. The van der Waals surface area contributed by atoms with Crippen LogP contribution in [0.2, 0.25) is 0 Å². The van der Waals surface area contributed by atoms with Crippen LogP contribution < -0.4 is 0 Å². The molecule has 0 aliphatic carbocycles. The van der Waals surface area contributed by atoms with Crippen LogP contribution in [0.4, 0.5) is 0 Å². The lowest BCUT2D eigenvalue weighted by Gasteiger charge is -2.08. The third kappa shape index (κ3) is 4.12. The summed E-state index contributed by atoms with van der Waals surface area (Å²) in [6, 6.07) is 5.32. The van der Waals surface area contributed by atoms with Crippen molar-refractivity contribution in [3.63, 3.8) is 0 Å². The van der Waals surface area contributed by atoms with Gasteiger partial charge in [0.2, 0.25) is 0 Å². The first-order valence-electron chi connectivity index (χ1n) is 5.50. The number of benzene rings is 1. The summed E-state index contributed by atoms with van der Waals surface area (Å²) >= 11 is 0. The van der Waals surface area contributed by atoms with Crippen LogP contribution in [0, 0.1) is 0 Å². The summed E-state index contributed by atoms with van der Waals surface area (Å²) in [4.78, 5) is 10.8. The molecule has 1 N–H and O–H groups in total. The fourth-order valence-electron chi connectivity index (χ4n) is 1.33. The van der Waals surface area contributed by atoms with Gasteiger partial charge in [0.1, 0.15) is 0 Å². The number of carboxylic acids is 1. The lowest BCUT2D eigenvalue weighted by Crippen LogP contribution is -2.15. The molecule has 5 nitrogen and oxygen atoms in total. The first kappa shape index (κ1) is 14.7. The second-order valence-electron chi connectivity index (χ2n) is 4.07. The maximum absolute atomic E-state index is 11.9. The molecule has 0 radical (unpaired) electrons. The quantitative estimate of drug-likeness (QED) is 0.850. The van der Waals surface area contributed by atoms with E-state index in [1.165, 1.54) is 18.2 Å². The number of hydrogen-bond donors (Lipinski definition) is 1. The fourth-order valence-corrected chi connectivity index (χ4v) is 2.48. The van der Waals surface area contributed by atoms with E-state index in [9.17, 15) is 13.2 Å². The SMILES string of the molecule is CC(C)OCCS(=O)(=O)c1cccc(C(=O)O)c1. The lowest BCUT2D eigenvalue weighted by atomic mass is 10.2. The molecule has 0 fully saturated rings. The van der Waals surface area contributed by atoms with Crippen molar-refractivity contribution < 1.29 is 23.1 Å². The largest absolute Gasteiger partial charge is 0.478 e. The Morgan fingerprint density at radius 2 is 2.06 bits per heavy atom. The number of sulfone groups is 1. The van der Waals surface area contributed by atoms with E-state index >= 15 is 0 Å². The Bertz CT molecular complexity index is 519. The molecule has 0 saturated heterocycles. The highest BCUT2D eigenvalue weighted by atomic mass is 32.2. The topological polar surface area (TPSA) is 80.7 Å². The molecular weight excluding hydrogens is 256 g/mol. The molecule has 18 heavy (non-hydrogen) atoms. The van der Waals surface area contributed by atoms with Crippen molar-refractivity contribution in [2.24, 2.45) is 0 Å². The molecule has 0 aromatic heterocycles. The van der Waals surface area contributed by atoms with E-state index in [1.807, 2.05) is 13.8 Å². The highest BCUT2D eigenvalue weighted by molar-refractivity contribution is 7.91. The van der Waals surface area contributed by atoms with E-state index in [1.54, 1.807) is 0 Å². The summed E-state index contributed by atoms with van der Waals surface area (Å²) in [5, 5.41) is 8.80. The normalized spacial score (nSPS) is 11.7. The van der Waals surface area contributed by atoms with Gasteiger partial charge in [-0.25, -0.2) is 13.2 Å². The van der Waals surface area contributed by atoms with E-state index in [-0.39, 0.29) is 28.9 Å². The molecule has 0 saturated carbocycles. The molecule has 0 atom stereocenters. The number of rotatable bonds is 6. The van der Waals surface area contributed by atoms with E-state index in [0.29, 0.717) is 0 Å². The highest BCUT2D eigenvalue weighted by Crippen LogP contribution is 2.13. The Balaban J connectivity index is 2.85. The van der Waals surface area contributed by atoms with E-state index in [2.05, 4.69) is 0 Å². The molecule has 0 spiro atoms. The van der Waals surface area contributed by atoms with Crippen LogP contribution in [0.3, 0.4) is 0 Å². The summed E-state index contributed by atoms with van der Waals surface area (Å²) in [5.74, 6) is -1.31. The summed E-state index contributed by atoms with van der Waals surface area (Å²) in [6.45, 7) is 3.73. The molecule has 0 heterocycles. The summed E-state index contributed by atoms with van der Waals surface area (Å²) in [5.41, 5.74) is -0.0409. The van der Waals surface area contributed by atoms with Crippen LogP contribution in [-0.4, -0.2) is 38.0 Å². The predicted octanol–water partition coefficient (Wildman–Crippen LogP) is 1.58. The van der Waals surface area contributed by atoms with E-state index in [4.69, 9.17) is 9.84 Å². The van der Waals surface area contributed by atoms with Crippen LogP contribution in [-0.2, 0) is 14.6 Å². The van der Waals surface area contributed by atoms with Crippen LogP contribution in [0.15, 0.2) is 29.2 Å². The Morgan fingerprint density at radius 1 is 1.39 bits per heavy atom. The molecule has 0 bridgehead atoms. The van der Waals surface area contributed by atoms with Crippen molar-refractivity contribution in [1.29, 1.82) is 0 Å². The number of ether oxygens (including phenoxy) is 1. The average molecular weight is 272 g/mol. The molecule has 1 aromatic carbocycles. The molecule has 0 amide bonds. The molecule has 1 rings (SSSR count). The smallest absolute Gasteiger partial charge is 0.335 e. The van der Waals surface area contributed by atoms with Crippen molar-refractivity contribution >= 4 is 15.8 Å². The second kappa shape index (κ2) is 5.97. The first-order chi connectivity index (χ1) is 8.33. The molecule has 100 valence electrons. The van der Waals surface area contributed by atoms with Crippen molar-refractivity contribution in [2.45, 2.75) is 24.8 Å². The zero-order valence-electron chi connectivity index (χ0n) is 10.3. The minimum Gasteiger partial charge on any atom is -0.478 e. The minimum absolute atomic E-state index is 0.00903. The second-order valence-corrected chi connectivity index (χ2v) is 6.18. The van der Waals surface area contributed by atoms with Crippen molar-refractivity contribution in [3.8, 4) is 0 Å². The van der Waals surface area contributed by atoms with Gasteiger partial charge in [-0.15, -0.1) is 0 Å². The third-order valence-corrected chi connectivity index (χ3v) is 3.92. The monoisotopic (exact) mass is 272 g/mol. The Morgan fingerprint density at radius 3 is 2.61 bits per heavy atom. The molecule has 1 aromatic rings. The molecule has 0 aliphatic rings. The number of carboxylic acid groups (broad SMARTS) is 1. The Hall–Kier alpha value is -1.40. The van der Waals surface area contributed by atoms with Crippen molar-refractivity contribution in [1.82, 2.24) is 0 Å².